The molecule has 1 aliphatic rings. The van der Waals surface area contributed by atoms with Crippen LogP contribution in [0.1, 0.15) is 23.2 Å². The van der Waals surface area contributed by atoms with E-state index in [1.807, 2.05) is 0 Å². The summed E-state index contributed by atoms with van der Waals surface area (Å²) in [5.41, 5.74) is 1.91. The predicted octanol–water partition coefficient (Wildman–Crippen LogP) is 3.45. The Bertz CT molecular complexity index is 916. The van der Waals surface area contributed by atoms with Crippen LogP contribution in [0.5, 0.6) is 0 Å². The molecule has 1 unspecified atom stereocenters. The van der Waals surface area contributed by atoms with Crippen molar-refractivity contribution >= 4 is 5.91 Å². The molecule has 1 aromatic heterocycles. The van der Waals surface area contributed by atoms with Gasteiger partial charge in [0, 0.05) is 29.8 Å². The van der Waals surface area contributed by atoms with Crippen LogP contribution >= 0.6 is 0 Å². The number of ether oxygens (including phenoxy) is 1. The molecule has 0 spiro atoms. The van der Waals surface area contributed by atoms with Crippen molar-refractivity contribution in [2.24, 2.45) is 0 Å². The van der Waals surface area contributed by atoms with Crippen LogP contribution in [0.3, 0.4) is 0 Å². The molecule has 0 radical (unpaired) electrons. The zero-order valence-electron chi connectivity index (χ0n) is 14.5. The molecule has 1 fully saturated rings. The van der Waals surface area contributed by atoms with Crippen molar-refractivity contribution in [3.05, 3.63) is 59.9 Å². The second kappa shape index (κ2) is 7.67. The standard InChI is InChI=1S/C20H18FN3O3/c21-16-9-7-13(8-10-16)18-23-20(27-24-18)15-5-3-14(4-6-15)19(25)22-12-17-2-1-11-26-17/h3-10,17H,1-2,11-12H2,(H,22,25). The molecule has 0 saturated carbocycles. The van der Waals surface area contributed by atoms with Gasteiger partial charge < -0.3 is 14.6 Å². The zero-order valence-corrected chi connectivity index (χ0v) is 14.5. The highest BCUT2D eigenvalue weighted by molar-refractivity contribution is 5.94. The number of amides is 1. The number of hydrogen-bond donors (Lipinski definition) is 1. The number of carbonyl (C=O) groups is 1. The summed E-state index contributed by atoms with van der Waals surface area (Å²) < 4.78 is 23.8. The number of carbonyl (C=O) groups excluding carboxylic acids is 1. The summed E-state index contributed by atoms with van der Waals surface area (Å²) in [5, 5.41) is 6.81. The molecule has 6 nitrogen and oxygen atoms in total. The maximum atomic E-state index is 13.0. The van der Waals surface area contributed by atoms with E-state index in [-0.39, 0.29) is 17.8 Å². The third-order valence-corrected chi connectivity index (χ3v) is 4.44. The van der Waals surface area contributed by atoms with Gasteiger partial charge in [0.15, 0.2) is 0 Å². The molecular weight excluding hydrogens is 349 g/mol. The molecule has 3 aromatic rings. The molecule has 4 rings (SSSR count). The molecule has 1 aliphatic heterocycles. The largest absolute Gasteiger partial charge is 0.376 e. The Morgan fingerprint density at radius 3 is 2.56 bits per heavy atom. The minimum Gasteiger partial charge on any atom is -0.376 e. The number of halogens is 1. The van der Waals surface area contributed by atoms with E-state index in [2.05, 4.69) is 15.5 Å². The first kappa shape index (κ1) is 17.4. The van der Waals surface area contributed by atoms with Crippen molar-refractivity contribution in [3.63, 3.8) is 0 Å². The lowest BCUT2D eigenvalue weighted by atomic mass is 10.1. The van der Waals surface area contributed by atoms with Crippen LogP contribution in [-0.2, 0) is 4.74 Å². The molecule has 1 saturated heterocycles. The van der Waals surface area contributed by atoms with Crippen molar-refractivity contribution < 1.29 is 18.4 Å². The summed E-state index contributed by atoms with van der Waals surface area (Å²) in [7, 11) is 0. The molecule has 0 bridgehead atoms. The molecule has 1 N–H and O–H groups in total. The van der Waals surface area contributed by atoms with Gasteiger partial charge in [-0.25, -0.2) is 4.39 Å². The number of benzene rings is 2. The Hall–Kier alpha value is -3.06. The fourth-order valence-electron chi connectivity index (χ4n) is 2.94. The van der Waals surface area contributed by atoms with E-state index in [4.69, 9.17) is 9.26 Å². The lowest BCUT2D eigenvalue weighted by molar-refractivity contribution is 0.0858. The predicted molar refractivity (Wildman–Crippen MR) is 96.4 cm³/mol. The Morgan fingerprint density at radius 1 is 1.11 bits per heavy atom. The van der Waals surface area contributed by atoms with Gasteiger partial charge in [-0.3, -0.25) is 4.79 Å². The minimum absolute atomic E-state index is 0.108. The van der Waals surface area contributed by atoms with E-state index >= 15 is 0 Å². The molecular formula is C20H18FN3O3. The fraction of sp³-hybridized carbons (Fsp3) is 0.250. The van der Waals surface area contributed by atoms with Crippen molar-refractivity contribution in [2.75, 3.05) is 13.2 Å². The molecule has 2 heterocycles. The van der Waals surface area contributed by atoms with Crippen molar-refractivity contribution in [2.45, 2.75) is 18.9 Å². The van der Waals surface area contributed by atoms with E-state index in [0.717, 1.165) is 19.4 Å². The van der Waals surface area contributed by atoms with Crippen molar-refractivity contribution in [1.29, 1.82) is 0 Å². The highest BCUT2D eigenvalue weighted by Gasteiger charge is 2.17. The number of hydrogen-bond acceptors (Lipinski definition) is 5. The van der Waals surface area contributed by atoms with Gasteiger partial charge in [-0.15, -0.1) is 0 Å². The van der Waals surface area contributed by atoms with E-state index < -0.39 is 0 Å². The molecule has 27 heavy (non-hydrogen) atoms. The fourth-order valence-corrected chi connectivity index (χ4v) is 2.94. The van der Waals surface area contributed by atoms with Crippen molar-refractivity contribution in [3.8, 4) is 22.8 Å². The monoisotopic (exact) mass is 367 g/mol. The maximum Gasteiger partial charge on any atom is 0.258 e. The lowest BCUT2D eigenvalue weighted by Crippen LogP contribution is -2.31. The summed E-state index contributed by atoms with van der Waals surface area (Å²) in [4.78, 5) is 16.5. The van der Waals surface area contributed by atoms with Crippen LogP contribution < -0.4 is 5.32 Å². The van der Waals surface area contributed by atoms with Crippen LogP contribution in [0.25, 0.3) is 22.8 Å². The Balaban J connectivity index is 1.42. The van der Waals surface area contributed by atoms with Gasteiger partial charge in [-0.1, -0.05) is 5.16 Å². The Labute approximate surface area is 155 Å². The molecule has 7 heteroatoms. The SMILES string of the molecule is O=C(NCC1CCCO1)c1ccc(-c2nc(-c3ccc(F)cc3)no2)cc1. The first-order valence-electron chi connectivity index (χ1n) is 8.79. The van der Waals surface area contributed by atoms with E-state index in [9.17, 15) is 9.18 Å². The summed E-state index contributed by atoms with van der Waals surface area (Å²) in [6, 6.07) is 12.8. The van der Waals surface area contributed by atoms with E-state index in [1.54, 1.807) is 36.4 Å². The Morgan fingerprint density at radius 2 is 1.85 bits per heavy atom. The second-order valence-electron chi connectivity index (χ2n) is 6.35. The van der Waals surface area contributed by atoms with Gasteiger partial charge in [0.1, 0.15) is 5.82 Å². The maximum absolute atomic E-state index is 13.0. The van der Waals surface area contributed by atoms with Gasteiger partial charge >= 0.3 is 0 Å². The number of nitrogens with zero attached hydrogens (tertiary/aromatic N) is 2. The second-order valence-corrected chi connectivity index (χ2v) is 6.35. The molecule has 1 amide bonds. The normalized spacial score (nSPS) is 16.4. The highest BCUT2D eigenvalue weighted by Crippen LogP contribution is 2.22. The number of aromatic nitrogens is 2. The zero-order chi connectivity index (χ0) is 18.6. The number of nitrogens with one attached hydrogen (secondary N) is 1. The molecule has 1 atom stereocenters. The average molecular weight is 367 g/mol. The average Bonchev–Trinajstić information content (AvgIpc) is 3.39. The molecule has 2 aromatic carbocycles. The van der Waals surface area contributed by atoms with Gasteiger partial charge in [0.2, 0.25) is 5.82 Å². The first-order chi connectivity index (χ1) is 13.2. The van der Waals surface area contributed by atoms with Crippen LogP contribution in [-0.4, -0.2) is 35.3 Å². The first-order valence-corrected chi connectivity index (χ1v) is 8.79. The van der Waals surface area contributed by atoms with Gasteiger partial charge in [-0.2, -0.15) is 4.98 Å². The lowest BCUT2D eigenvalue weighted by Gasteiger charge is -2.10. The van der Waals surface area contributed by atoms with Gasteiger partial charge in [0.05, 0.1) is 6.10 Å². The topological polar surface area (TPSA) is 77.2 Å². The van der Waals surface area contributed by atoms with Crippen LogP contribution in [0, 0.1) is 5.82 Å². The van der Waals surface area contributed by atoms with Gasteiger partial charge in [0.25, 0.3) is 11.8 Å². The number of rotatable bonds is 5. The molecule has 0 aliphatic carbocycles. The summed E-state index contributed by atoms with van der Waals surface area (Å²) >= 11 is 0. The van der Waals surface area contributed by atoms with Crippen LogP contribution in [0.2, 0.25) is 0 Å². The van der Waals surface area contributed by atoms with Crippen LogP contribution in [0.15, 0.2) is 53.1 Å². The third kappa shape index (κ3) is 4.03. The van der Waals surface area contributed by atoms with Gasteiger partial charge in [-0.05, 0) is 61.4 Å². The van der Waals surface area contributed by atoms with E-state index in [0.29, 0.717) is 35.0 Å². The smallest absolute Gasteiger partial charge is 0.258 e. The summed E-state index contributed by atoms with van der Waals surface area (Å²) in [5.74, 6) is 0.245. The summed E-state index contributed by atoms with van der Waals surface area (Å²) in [6.45, 7) is 1.28. The quantitative estimate of drug-likeness (QED) is 0.747. The third-order valence-electron chi connectivity index (χ3n) is 4.44. The van der Waals surface area contributed by atoms with Crippen molar-refractivity contribution in [1.82, 2.24) is 15.5 Å². The van der Waals surface area contributed by atoms with Crippen LogP contribution in [0.4, 0.5) is 4.39 Å². The van der Waals surface area contributed by atoms with E-state index in [1.165, 1.54) is 12.1 Å². The molecule has 138 valence electrons. The minimum atomic E-state index is -0.323. The summed E-state index contributed by atoms with van der Waals surface area (Å²) in [6.07, 6.45) is 2.13. The Kier molecular flexibility index (Phi) is 4.93. The highest BCUT2D eigenvalue weighted by atomic mass is 19.1.